The van der Waals surface area contributed by atoms with Crippen LogP contribution >= 0.6 is 0 Å². The fraction of sp³-hybridized carbons (Fsp3) is 0.344. The predicted octanol–water partition coefficient (Wildman–Crippen LogP) is 6.22. The highest BCUT2D eigenvalue weighted by atomic mass is 16.5. The van der Waals surface area contributed by atoms with E-state index in [2.05, 4.69) is 44.6 Å². The zero-order chi connectivity index (χ0) is 27.5. The molecule has 0 unspecified atom stereocenters. The largest absolute Gasteiger partial charge is 0.492 e. The molecule has 6 rings (SSSR count). The predicted molar refractivity (Wildman–Crippen MR) is 158 cm³/mol. The Morgan fingerprint density at radius 1 is 0.975 bits per heavy atom. The summed E-state index contributed by atoms with van der Waals surface area (Å²) in [6.07, 6.45) is 6.08. The minimum absolute atomic E-state index is 0.189. The molecule has 0 atom stereocenters. The van der Waals surface area contributed by atoms with Gasteiger partial charge in [0.1, 0.15) is 11.6 Å². The Morgan fingerprint density at radius 2 is 1.70 bits per heavy atom. The van der Waals surface area contributed by atoms with Crippen molar-refractivity contribution >= 4 is 28.2 Å². The van der Waals surface area contributed by atoms with Crippen LogP contribution in [0, 0.1) is 0 Å². The number of aromatic nitrogens is 2. The van der Waals surface area contributed by atoms with Crippen LogP contribution in [-0.2, 0) is 16.7 Å². The normalized spacial score (nSPS) is 16.4. The van der Waals surface area contributed by atoms with Gasteiger partial charge in [-0.2, -0.15) is 0 Å². The molecule has 8 nitrogen and oxygen atoms in total. The lowest BCUT2D eigenvalue weighted by Crippen LogP contribution is -2.36. The number of urea groups is 1. The maximum absolute atomic E-state index is 13.2. The van der Waals surface area contributed by atoms with Crippen LogP contribution in [0.2, 0.25) is 0 Å². The lowest BCUT2D eigenvalue weighted by molar-refractivity contribution is 0.0330. The lowest BCUT2D eigenvalue weighted by Gasteiger charge is -2.25. The Morgan fingerprint density at radius 3 is 2.42 bits per heavy atom. The fourth-order valence-corrected chi connectivity index (χ4v) is 5.23. The summed E-state index contributed by atoms with van der Waals surface area (Å²) in [6, 6.07) is 17.8. The quantitative estimate of drug-likeness (QED) is 0.277. The van der Waals surface area contributed by atoms with Crippen molar-refractivity contribution in [2.75, 3.05) is 43.5 Å². The molecule has 2 aliphatic rings. The van der Waals surface area contributed by atoms with Gasteiger partial charge >= 0.3 is 6.03 Å². The molecular weight excluding hydrogens is 502 g/mol. The molecule has 3 aromatic carbocycles. The highest BCUT2D eigenvalue weighted by Crippen LogP contribution is 2.49. The fourth-order valence-electron chi connectivity index (χ4n) is 5.23. The van der Waals surface area contributed by atoms with Gasteiger partial charge in [0.05, 0.1) is 37.7 Å². The van der Waals surface area contributed by atoms with Crippen LogP contribution in [0.4, 0.5) is 16.2 Å². The van der Waals surface area contributed by atoms with Gasteiger partial charge in [0.25, 0.3) is 0 Å². The summed E-state index contributed by atoms with van der Waals surface area (Å²) in [5.41, 5.74) is 4.77. The Balaban J connectivity index is 1.22. The molecule has 2 amide bonds. The zero-order valence-electron chi connectivity index (χ0n) is 23.1. The molecule has 2 heterocycles. The lowest BCUT2D eigenvalue weighted by atomic mass is 9.97. The minimum atomic E-state index is -0.312. The zero-order valence-corrected chi connectivity index (χ0v) is 23.1. The number of morpholine rings is 1. The van der Waals surface area contributed by atoms with Crippen LogP contribution in [0.3, 0.4) is 0 Å². The van der Waals surface area contributed by atoms with Crippen molar-refractivity contribution in [3.05, 3.63) is 78.4 Å². The van der Waals surface area contributed by atoms with E-state index in [1.54, 1.807) is 0 Å². The first-order valence-electron chi connectivity index (χ1n) is 14.0. The third-order valence-corrected chi connectivity index (χ3v) is 7.88. The number of anilines is 2. The van der Waals surface area contributed by atoms with E-state index in [1.165, 1.54) is 5.56 Å². The molecule has 4 aromatic rings. The van der Waals surface area contributed by atoms with Crippen molar-refractivity contribution < 1.29 is 14.3 Å². The molecule has 0 radical (unpaired) electrons. The second-order valence-electron chi connectivity index (χ2n) is 10.8. The van der Waals surface area contributed by atoms with E-state index in [4.69, 9.17) is 9.47 Å². The van der Waals surface area contributed by atoms with Crippen LogP contribution < -0.4 is 15.4 Å². The summed E-state index contributed by atoms with van der Waals surface area (Å²) in [7, 11) is 0. The summed E-state index contributed by atoms with van der Waals surface area (Å²) in [5, 5.41) is 8.04. The van der Waals surface area contributed by atoms with E-state index in [9.17, 15) is 4.79 Å². The molecule has 206 valence electrons. The SMILES string of the molecule is CCOc1ccc(C2(C)CC2)cc1NC(=O)Nc1ccc(-c2cnc(CN3CCOCC3)nc2)c2ccccc12. The van der Waals surface area contributed by atoms with Crippen molar-refractivity contribution in [1.82, 2.24) is 14.9 Å². The molecule has 0 spiro atoms. The number of hydrogen-bond acceptors (Lipinski definition) is 6. The first-order valence-corrected chi connectivity index (χ1v) is 14.0. The van der Waals surface area contributed by atoms with Crippen molar-refractivity contribution in [3.63, 3.8) is 0 Å². The van der Waals surface area contributed by atoms with Crippen LogP contribution in [-0.4, -0.2) is 53.8 Å². The van der Waals surface area contributed by atoms with Crippen molar-refractivity contribution in [1.29, 1.82) is 0 Å². The molecule has 8 heteroatoms. The van der Waals surface area contributed by atoms with E-state index in [0.717, 1.165) is 79.1 Å². The molecule has 0 bridgehead atoms. The monoisotopic (exact) mass is 537 g/mol. The number of ether oxygens (including phenoxy) is 2. The van der Waals surface area contributed by atoms with Gasteiger partial charge in [-0.05, 0) is 59.9 Å². The van der Waals surface area contributed by atoms with Crippen LogP contribution in [0.25, 0.3) is 21.9 Å². The number of benzene rings is 3. The van der Waals surface area contributed by atoms with Gasteiger partial charge in [0.2, 0.25) is 0 Å². The summed E-state index contributed by atoms with van der Waals surface area (Å²) in [6.45, 7) is 8.74. The average molecular weight is 538 g/mol. The van der Waals surface area contributed by atoms with Gasteiger partial charge in [0, 0.05) is 36.4 Å². The van der Waals surface area contributed by atoms with Crippen LogP contribution in [0.5, 0.6) is 5.75 Å². The summed E-state index contributed by atoms with van der Waals surface area (Å²) < 4.78 is 11.2. The highest BCUT2D eigenvalue weighted by Gasteiger charge is 2.39. The van der Waals surface area contributed by atoms with Gasteiger partial charge in [-0.15, -0.1) is 0 Å². The molecule has 1 saturated heterocycles. The van der Waals surface area contributed by atoms with Crippen LogP contribution in [0.15, 0.2) is 67.0 Å². The number of nitrogens with one attached hydrogen (secondary N) is 2. The maximum atomic E-state index is 13.2. The second-order valence-corrected chi connectivity index (χ2v) is 10.8. The van der Waals surface area contributed by atoms with E-state index in [-0.39, 0.29) is 11.4 Å². The van der Waals surface area contributed by atoms with Gasteiger partial charge in [0.15, 0.2) is 0 Å². The number of amides is 2. The smallest absolute Gasteiger partial charge is 0.323 e. The summed E-state index contributed by atoms with van der Waals surface area (Å²) >= 11 is 0. The summed E-state index contributed by atoms with van der Waals surface area (Å²) in [4.78, 5) is 24.8. The number of rotatable bonds is 8. The number of carbonyl (C=O) groups is 1. The summed E-state index contributed by atoms with van der Waals surface area (Å²) in [5.74, 6) is 1.47. The first-order chi connectivity index (χ1) is 19.5. The molecule has 1 aliphatic carbocycles. The van der Waals surface area contributed by atoms with Gasteiger partial charge < -0.3 is 20.1 Å². The molecular formula is C32H35N5O3. The molecule has 1 saturated carbocycles. The number of nitrogens with zero attached hydrogens (tertiary/aromatic N) is 3. The molecule has 2 N–H and O–H groups in total. The van der Waals surface area contributed by atoms with Gasteiger partial charge in [-0.1, -0.05) is 43.3 Å². The minimum Gasteiger partial charge on any atom is -0.492 e. The van der Waals surface area contributed by atoms with Gasteiger partial charge in [-0.3, -0.25) is 4.90 Å². The third kappa shape index (κ3) is 5.64. The second kappa shape index (κ2) is 11.2. The van der Waals surface area contributed by atoms with Crippen LogP contribution in [0.1, 0.15) is 38.1 Å². The highest BCUT2D eigenvalue weighted by molar-refractivity contribution is 6.10. The van der Waals surface area contributed by atoms with E-state index >= 15 is 0 Å². The molecule has 2 fully saturated rings. The number of fused-ring (bicyclic) bond motifs is 1. The molecule has 1 aromatic heterocycles. The average Bonchev–Trinajstić information content (AvgIpc) is 3.73. The number of hydrogen-bond donors (Lipinski definition) is 2. The van der Waals surface area contributed by atoms with E-state index in [0.29, 0.717) is 18.0 Å². The standard InChI is InChI=1S/C32H35N5O3/c1-3-40-29-11-8-23(32(2)12-13-32)18-28(29)36-31(38)35-27-10-9-24(25-6-4-5-7-26(25)27)22-19-33-30(34-20-22)21-37-14-16-39-17-15-37/h4-11,18-20H,3,12-17,21H2,1-2H3,(H2,35,36,38). The van der Waals surface area contributed by atoms with E-state index in [1.807, 2.05) is 61.8 Å². The topological polar surface area (TPSA) is 88.6 Å². The first kappa shape index (κ1) is 26.2. The molecule has 1 aliphatic heterocycles. The maximum Gasteiger partial charge on any atom is 0.323 e. The van der Waals surface area contributed by atoms with Crippen molar-refractivity contribution in [2.45, 2.75) is 38.6 Å². The Labute approximate surface area is 234 Å². The Bertz CT molecular complexity index is 1510. The molecule has 40 heavy (non-hydrogen) atoms. The number of carbonyl (C=O) groups excluding carboxylic acids is 1. The van der Waals surface area contributed by atoms with Crippen molar-refractivity contribution in [2.24, 2.45) is 0 Å². The third-order valence-electron chi connectivity index (χ3n) is 7.88. The van der Waals surface area contributed by atoms with Crippen molar-refractivity contribution in [3.8, 4) is 16.9 Å². The Hall–Kier alpha value is -4.01. The van der Waals surface area contributed by atoms with E-state index < -0.39 is 0 Å². The van der Waals surface area contributed by atoms with Gasteiger partial charge in [-0.25, -0.2) is 14.8 Å². The Kier molecular flexibility index (Phi) is 7.36.